The van der Waals surface area contributed by atoms with Gasteiger partial charge in [-0.2, -0.15) is 0 Å². The van der Waals surface area contributed by atoms with Gasteiger partial charge in [0.15, 0.2) is 5.16 Å². The highest BCUT2D eigenvalue weighted by Gasteiger charge is 2.13. The molecule has 1 aromatic heterocycles. The van der Waals surface area contributed by atoms with Gasteiger partial charge in [-0.1, -0.05) is 37.7 Å². The van der Waals surface area contributed by atoms with Gasteiger partial charge in [0, 0.05) is 23.6 Å². The highest BCUT2D eigenvalue weighted by atomic mass is 32.2. The summed E-state index contributed by atoms with van der Waals surface area (Å²) in [6, 6.07) is 7.76. The molecule has 0 radical (unpaired) electrons. The topological polar surface area (TPSA) is 84.1 Å². The Bertz CT molecular complexity index is 833. The van der Waals surface area contributed by atoms with Crippen molar-refractivity contribution in [2.45, 2.75) is 44.5 Å². The van der Waals surface area contributed by atoms with Crippen LogP contribution < -0.4 is 15.6 Å². The van der Waals surface area contributed by atoms with Gasteiger partial charge in [-0.25, -0.2) is 4.98 Å². The molecular formula is C20H27N3O3S. The van der Waals surface area contributed by atoms with Gasteiger partial charge in [0.2, 0.25) is 5.91 Å². The zero-order valence-corrected chi connectivity index (χ0v) is 17.1. The van der Waals surface area contributed by atoms with Crippen molar-refractivity contribution in [3.05, 3.63) is 51.4 Å². The van der Waals surface area contributed by atoms with E-state index in [2.05, 4.69) is 29.1 Å². The van der Waals surface area contributed by atoms with Crippen LogP contribution in [-0.4, -0.2) is 29.5 Å². The summed E-state index contributed by atoms with van der Waals surface area (Å²) in [5.41, 5.74) is 1.83. The summed E-state index contributed by atoms with van der Waals surface area (Å²) >= 11 is 1.44. The van der Waals surface area contributed by atoms with Gasteiger partial charge in [-0.05, 0) is 37.0 Å². The van der Waals surface area contributed by atoms with Crippen LogP contribution in [-0.2, 0) is 17.0 Å². The van der Waals surface area contributed by atoms with Crippen LogP contribution >= 0.6 is 11.8 Å². The fourth-order valence-electron chi connectivity index (χ4n) is 2.50. The number of carbonyl (C=O) groups excluding carboxylic acids is 1. The van der Waals surface area contributed by atoms with Gasteiger partial charge >= 0.3 is 0 Å². The van der Waals surface area contributed by atoms with Crippen LogP contribution in [0.4, 0.5) is 0 Å². The molecule has 0 spiro atoms. The fourth-order valence-corrected chi connectivity index (χ4v) is 3.35. The molecular weight excluding hydrogens is 362 g/mol. The molecule has 2 aromatic rings. The number of amides is 1. The summed E-state index contributed by atoms with van der Waals surface area (Å²) in [5, 5.41) is 3.40. The average molecular weight is 390 g/mol. The van der Waals surface area contributed by atoms with E-state index in [1.165, 1.54) is 11.8 Å². The third kappa shape index (κ3) is 6.75. The Morgan fingerprint density at radius 2 is 2.15 bits per heavy atom. The van der Waals surface area contributed by atoms with Crippen molar-refractivity contribution in [3.8, 4) is 5.75 Å². The number of H-pyrrole nitrogens is 1. The van der Waals surface area contributed by atoms with E-state index in [1.54, 1.807) is 14.0 Å². The van der Waals surface area contributed by atoms with E-state index in [-0.39, 0.29) is 17.9 Å². The van der Waals surface area contributed by atoms with Crippen LogP contribution in [0.25, 0.3) is 0 Å². The normalized spacial score (nSPS) is 10.9. The second kappa shape index (κ2) is 10.2. The minimum atomic E-state index is -0.255. The third-order valence-corrected chi connectivity index (χ3v) is 5.04. The number of rotatable bonds is 9. The molecule has 146 valence electrons. The number of thioether (sulfide) groups is 1. The van der Waals surface area contributed by atoms with Crippen LogP contribution in [0.1, 0.15) is 37.1 Å². The largest absolute Gasteiger partial charge is 0.497 e. The van der Waals surface area contributed by atoms with Gasteiger partial charge < -0.3 is 15.0 Å². The van der Waals surface area contributed by atoms with E-state index >= 15 is 0 Å². The lowest BCUT2D eigenvalue weighted by molar-refractivity contribution is -0.120. The number of nitrogens with zero attached hydrogens (tertiary/aromatic N) is 1. The van der Waals surface area contributed by atoms with E-state index in [0.29, 0.717) is 34.6 Å². The lowest BCUT2D eigenvalue weighted by Gasteiger charge is -2.09. The van der Waals surface area contributed by atoms with Crippen LogP contribution in [0.2, 0.25) is 0 Å². The third-order valence-electron chi connectivity index (χ3n) is 4.09. The molecule has 0 bridgehead atoms. The summed E-state index contributed by atoms with van der Waals surface area (Å²) in [6.45, 7) is 6.59. The lowest BCUT2D eigenvalue weighted by atomic mass is 10.1. The number of methoxy groups -OCH3 is 1. The Kier molecular flexibility index (Phi) is 7.91. The SMILES string of the molecule is COc1cccc(CSc2nc(C)c(CC(=O)NCCC(C)C)c(=O)[nH]2)c1. The standard InChI is InChI=1S/C20H27N3O3S/c1-13(2)8-9-21-18(24)11-17-14(3)22-20(23-19(17)25)27-12-15-6-5-7-16(10-15)26-4/h5-7,10,13H,8-9,11-12H2,1-4H3,(H,21,24)(H,22,23,25). The zero-order chi connectivity index (χ0) is 19.8. The molecule has 1 amide bonds. The van der Waals surface area contributed by atoms with Crippen molar-refractivity contribution in [2.75, 3.05) is 13.7 Å². The maximum absolute atomic E-state index is 12.4. The molecule has 27 heavy (non-hydrogen) atoms. The predicted molar refractivity (Wildman–Crippen MR) is 108 cm³/mol. The first-order chi connectivity index (χ1) is 12.9. The molecule has 1 aromatic carbocycles. The molecule has 0 saturated heterocycles. The minimum Gasteiger partial charge on any atom is -0.497 e. The number of aromatic nitrogens is 2. The molecule has 6 nitrogen and oxygen atoms in total. The molecule has 2 rings (SSSR count). The van der Waals surface area contributed by atoms with Gasteiger partial charge in [-0.15, -0.1) is 0 Å². The molecule has 0 aliphatic heterocycles. The van der Waals surface area contributed by atoms with Crippen molar-refractivity contribution < 1.29 is 9.53 Å². The number of nitrogens with one attached hydrogen (secondary N) is 2. The number of aryl methyl sites for hydroxylation is 1. The number of aromatic amines is 1. The first-order valence-corrected chi connectivity index (χ1v) is 9.99. The molecule has 7 heteroatoms. The smallest absolute Gasteiger partial charge is 0.255 e. The van der Waals surface area contributed by atoms with Crippen molar-refractivity contribution in [1.82, 2.24) is 15.3 Å². The molecule has 0 unspecified atom stereocenters. The van der Waals surface area contributed by atoms with E-state index in [4.69, 9.17) is 4.74 Å². The van der Waals surface area contributed by atoms with Crippen molar-refractivity contribution in [2.24, 2.45) is 5.92 Å². The van der Waals surface area contributed by atoms with Gasteiger partial charge in [-0.3, -0.25) is 9.59 Å². The van der Waals surface area contributed by atoms with Crippen LogP contribution in [0.3, 0.4) is 0 Å². The number of benzene rings is 1. The maximum atomic E-state index is 12.4. The zero-order valence-electron chi connectivity index (χ0n) is 16.3. The summed E-state index contributed by atoms with van der Waals surface area (Å²) in [4.78, 5) is 31.7. The quantitative estimate of drug-likeness (QED) is 0.509. The molecule has 0 fully saturated rings. The second-order valence-corrected chi connectivity index (χ2v) is 7.75. The predicted octanol–water partition coefficient (Wildman–Crippen LogP) is 3.08. The van der Waals surface area contributed by atoms with Crippen molar-refractivity contribution in [1.29, 1.82) is 0 Å². The van der Waals surface area contributed by atoms with Crippen LogP contribution in [0, 0.1) is 12.8 Å². The molecule has 2 N–H and O–H groups in total. The number of carbonyl (C=O) groups is 1. The molecule has 0 aliphatic carbocycles. The Morgan fingerprint density at radius 1 is 1.37 bits per heavy atom. The van der Waals surface area contributed by atoms with E-state index < -0.39 is 0 Å². The van der Waals surface area contributed by atoms with Gasteiger partial charge in [0.25, 0.3) is 5.56 Å². The Hall–Kier alpha value is -2.28. The molecule has 0 saturated carbocycles. The number of hydrogen-bond acceptors (Lipinski definition) is 5. The fraction of sp³-hybridized carbons (Fsp3) is 0.450. The van der Waals surface area contributed by atoms with Gasteiger partial charge in [0.05, 0.1) is 13.5 Å². The number of hydrogen-bond donors (Lipinski definition) is 2. The van der Waals surface area contributed by atoms with Crippen LogP contribution in [0.5, 0.6) is 5.75 Å². The van der Waals surface area contributed by atoms with Crippen LogP contribution in [0.15, 0.2) is 34.2 Å². The Labute approximate surface area is 164 Å². The lowest BCUT2D eigenvalue weighted by Crippen LogP contribution is -2.30. The molecule has 0 aliphatic rings. The highest BCUT2D eigenvalue weighted by Crippen LogP contribution is 2.21. The van der Waals surface area contributed by atoms with Crippen molar-refractivity contribution >= 4 is 17.7 Å². The Balaban J connectivity index is 1.99. The van der Waals surface area contributed by atoms with Gasteiger partial charge in [0.1, 0.15) is 5.75 Å². The summed E-state index contributed by atoms with van der Waals surface area (Å²) in [6.07, 6.45) is 0.965. The highest BCUT2D eigenvalue weighted by molar-refractivity contribution is 7.98. The number of ether oxygens (including phenoxy) is 1. The summed E-state index contributed by atoms with van der Waals surface area (Å²) < 4.78 is 5.22. The second-order valence-electron chi connectivity index (χ2n) is 6.78. The maximum Gasteiger partial charge on any atom is 0.255 e. The molecule has 0 atom stereocenters. The van der Waals surface area contributed by atoms with E-state index in [9.17, 15) is 9.59 Å². The first kappa shape index (κ1) is 21.0. The van der Waals surface area contributed by atoms with E-state index in [0.717, 1.165) is 17.7 Å². The molecule has 1 heterocycles. The summed E-state index contributed by atoms with van der Waals surface area (Å²) in [5.74, 6) is 1.83. The monoisotopic (exact) mass is 389 g/mol. The summed E-state index contributed by atoms with van der Waals surface area (Å²) in [7, 11) is 1.63. The average Bonchev–Trinajstić information content (AvgIpc) is 2.63. The van der Waals surface area contributed by atoms with E-state index in [1.807, 2.05) is 24.3 Å². The first-order valence-electron chi connectivity index (χ1n) is 9.01. The Morgan fingerprint density at radius 3 is 2.81 bits per heavy atom. The van der Waals surface area contributed by atoms with Crippen molar-refractivity contribution in [3.63, 3.8) is 0 Å². The minimum absolute atomic E-state index is 0.0487.